The maximum atomic E-state index is 13.0. The SMILES string of the molecule is O=C(Nc1ccncc1)N1CCc2ccccc2[C@H]1c1ccc(C(F)(F)F)cc1. The van der Waals surface area contributed by atoms with Crippen molar-refractivity contribution in [1.29, 1.82) is 0 Å². The van der Waals surface area contributed by atoms with Gasteiger partial charge >= 0.3 is 12.2 Å². The number of carbonyl (C=O) groups is 1. The smallest absolute Gasteiger partial charge is 0.313 e. The first-order valence-electron chi connectivity index (χ1n) is 9.16. The summed E-state index contributed by atoms with van der Waals surface area (Å²) in [6.45, 7) is 0.458. The van der Waals surface area contributed by atoms with E-state index in [0.717, 1.165) is 23.3 Å². The van der Waals surface area contributed by atoms with E-state index < -0.39 is 17.8 Å². The lowest BCUT2D eigenvalue weighted by Gasteiger charge is -2.37. The van der Waals surface area contributed by atoms with Crippen molar-refractivity contribution < 1.29 is 18.0 Å². The topological polar surface area (TPSA) is 45.2 Å². The Morgan fingerprint density at radius 3 is 2.38 bits per heavy atom. The van der Waals surface area contributed by atoms with Gasteiger partial charge in [-0.2, -0.15) is 13.2 Å². The zero-order valence-corrected chi connectivity index (χ0v) is 15.4. The molecule has 0 saturated heterocycles. The highest BCUT2D eigenvalue weighted by Crippen LogP contribution is 2.37. The number of amides is 2. The largest absolute Gasteiger partial charge is 0.416 e. The second-order valence-corrected chi connectivity index (χ2v) is 6.83. The number of hydrogen-bond acceptors (Lipinski definition) is 2. The third-order valence-corrected chi connectivity index (χ3v) is 5.03. The number of anilines is 1. The molecule has 1 aliphatic rings. The average Bonchev–Trinajstić information content (AvgIpc) is 2.73. The van der Waals surface area contributed by atoms with E-state index in [0.29, 0.717) is 24.2 Å². The minimum absolute atomic E-state index is 0.310. The summed E-state index contributed by atoms with van der Waals surface area (Å²) < 4.78 is 38.9. The van der Waals surface area contributed by atoms with Gasteiger partial charge in [0.05, 0.1) is 11.6 Å². The van der Waals surface area contributed by atoms with Crippen LogP contribution in [0.15, 0.2) is 73.1 Å². The summed E-state index contributed by atoms with van der Waals surface area (Å²) in [6, 6.07) is 15.3. The number of hydrogen-bond donors (Lipinski definition) is 1. The summed E-state index contributed by atoms with van der Waals surface area (Å²) in [4.78, 5) is 18.6. The number of halogens is 3. The van der Waals surface area contributed by atoms with Crippen molar-refractivity contribution in [1.82, 2.24) is 9.88 Å². The van der Waals surface area contributed by atoms with Gasteiger partial charge in [-0.25, -0.2) is 4.79 Å². The molecule has 1 N–H and O–H groups in total. The molecule has 0 spiro atoms. The monoisotopic (exact) mass is 397 g/mol. The van der Waals surface area contributed by atoms with E-state index in [2.05, 4.69) is 10.3 Å². The first kappa shape index (κ1) is 19.0. The Bertz CT molecular complexity index is 1000. The van der Waals surface area contributed by atoms with Crippen LogP contribution in [0.3, 0.4) is 0 Å². The fraction of sp³-hybridized carbons (Fsp3) is 0.182. The first-order valence-corrected chi connectivity index (χ1v) is 9.16. The molecule has 1 aliphatic heterocycles. The molecule has 3 aromatic rings. The predicted molar refractivity (Wildman–Crippen MR) is 103 cm³/mol. The average molecular weight is 397 g/mol. The van der Waals surface area contributed by atoms with Crippen LogP contribution in [0.25, 0.3) is 0 Å². The van der Waals surface area contributed by atoms with Gasteiger partial charge in [0.15, 0.2) is 0 Å². The van der Waals surface area contributed by atoms with Crippen molar-refractivity contribution >= 4 is 11.7 Å². The highest BCUT2D eigenvalue weighted by atomic mass is 19.4. The van der Waals surface area contributed by atoms with E-state index in [1.807, 2.05) is 24.3 Å². The summed E-state index contributed by atoms with van der Waals surface area (Å²) in [5, 5.41) is 2.84. The highest BCUT2D eigenvalue weighted by molar-refractivity contribution is 5.90. The number of alkyl halides is 3. The van der Waals surface area contributed by atoms with E-state index >= 15 is 0 Å². The standard InChI is InChI=1S/C22H18F3N3O/c23-22(24,25)17-7-5-16(6-8-17)20-19-4-2-1-3-15(19)11-14-28(20)21(29)27-18-9-12-26-13-10-18/h1-10,12-13,20H,11,14H2,(H,26,27,29)/t20-/m1/s1. The van der Waals surface area contributed by atoms with Gasteiger partial charge in [0, 0.05) is 24.6 Å². The van der Waals surface area contributed by atoms with Crippen LogP contribution in [-0.2, 0) is 12.6 Å². The maximum absolute atomic E-state index is 13.0. The zero-order valence-electron chi connectivity index (χ0n) is 15.4. The zero-order chi connectivity index (χ0) is 20.4. The molecule has 0 unspecified atom stereocenters. The van der Waals surface area contributed by atoms with Gasteiger partial charge in [0.25, 0.3) is 0 Å². The van der Waals surface area contributed by atoms with Gasteiger partial charge in [-0.05, 0) is 47.4 Å². The van der Waals surface area contributed by atoms with E-state index in [4.69, 9.17) is 0 Å². The molecule has 7 heteroatoms. The normalized spacial score (nSPS) is 16.2. The van der Waals surface area contributed by atoms with Gasteiger partial charge < -0.3 is 10.2 Å². The fourth-order valence-corrected chi connectivity index (χ4v) is 3.63. The van der Waals surface area contributed by atoms with Gasteiger partial charge in [0.2, 0.25) is 0 Å². The van der Waals surface area contributed by atoms with Crippen molar-refractivity contribution in [3.05, 3.63) is 95.3 Å². The Morgan fingerprint density at radius 1 is 1.00 bits per heavy atom. The van der Waals surface area contributed by atoms with Crippen molar-refractivity contribution in [2.45, 2.75) is 18.6 Å². The molecular weight excluding hydrogens is 379 g/mol. The van der Waals surface area contributed by atoms with Crippen LogP contribution >= 0.6 is 0 Å². The number of urea groups is 1. The number of nitrogens with one attached hydrogen (secondary N) is 1. The van der Waals surface area contributed by atoms with Crippen molar-refractivity contribution in [3.63, 3.8) is 0 Å². The Labute approximate surface area is 166 Å². The summed E-state index contributed by atoms with van der Waals surface area (Å²) in [5.41, 5.74) is 2.54. The van der Waals surface area contributed by atoms with Crippen LogP contribution in [0.2, 0.25) is 0 Å². The van der Waals surface area contributed by atoms with Crippen LogP contribution in [0.1, 0.15) is 28.3 Å². The molecule has 4 rings (SSSR count). The van der Waals surface area contributed by atoms with Gasteiger partial charge in [-0.3, -0.25) is 4.98 Å². The van der Waals surface area contributed by atoms with Crippen LogP contribution in [-0.4, -0.2) is 22.5 Å². The number of fused-ring (bicyclic) bond motifs is 1. The van der Waals surface area contributed by atoms with E-state index in [1.165, 1.54) is 12.1 Å². The van der Waals surface area contributed by atoms with Gasteiger partial charge in [-0.15, -0.1) is 0 Å². The first-order chi connectivity index (χ1) is 13.9. The Balaban J connectivity index is 1.70. The predicted octanol–water partition coefficient (Wildman–Crippen LogP) is 5.28. The Morgan fingerprint density at radius 2 is 1.69 bits per heavy atom. The number of pyridine rings is 1. The van der Waals surface area contributed by atoms with Crippen molar-refractivity contribution in [2.75, 3.05) is 11.9 Å². The molecule has 0 bridgehead atoms. The molecule has 1 atom stereocenters. The quantitative estimate of drug-likeness (QED) is 0.639. The minimum atomic E-state index is -4.40. The third kappa shape index (κ3) is 3.94. The molecule has 1 aromatic heterocycles. The molecule has 2 aromatic carbocycles. The summed E-state index contributed by atoms with van der Waals surface area (Å²) >= 11 is 0. The number of rotatable bonds is 2. The molecule has 0 saturated carbocycles. The molecular formula is C22H18F3N3O. The molecule has 0 radical (unpaired) electrons. The van der Waals surface area contributed by atoms with E-state index in [1.54, 1.807) is 29.4 Å². The second kappa shape index (κ2) is 7.58. The van der Waals surface area contributed by atoms with Gasteiger partial charge in [0.1, 0.15) is 0 Å². The third-order valence-electron chi connectivity index (χ3n) is 5.03. The number of carbonyl (C=O) groups excluding carboxylic acids is 1. The second-order valence-electron chi connectivity index (χ2n) is 6.83. The van der Waals surface area contributed by atoms with Crippen molar-refractivity contribution in [2.24, 2.45) is 0 Å². The molecule has 2 amide bonds. The number of aromatic nitrogens is 1. The Kier molecular flexibility index (Phi) is 4.96. The molecule has 29 heavy (non-hydrogen) atoms. The Hall–Kier alpha value is -3.35. The highest BCUT2D eigenvalue weighted by Gasteiger charge is 2.34. The number of benzene rings is 2. The summed E-state index contributed by atoms with van der Waals surface area (Å²) in [6.07, 6.45) is -0.568. The molecule has 4 nitrogen and oxygen atoms in total. The molecule has 148 valence electrons. The van der Waals surface area contributed by atoms with Crippen LogP contribution in [0, 0.1) is 0 Å². The van der Waals surface area contributed by atoms with Crippen LogP contribution in [0.4, 0.5) is 23.7 Å². The van der Waals surface area contributed by atoms with E-state index in [-0.39, 0.29) is 6.03 Å². The minimum Gasteiger partial charge on any atom is -0.313 e. The lowest BCUT2D eigenvalue weighted by molar-refractivity contribution is -0.137. The maximum Gasteiger partial charge on any atom is 0.416 e. The van der Waals surface area contributed by atoms with Crippen LogP contribution in [0.5, 0.6) is 0 Å². The lowest BCUT2D eigenvalue weighted by atomic mass is 9.88. The summed E-state index contributed by atoms with van der Waals surface area (Å²) in [7, 11) is 0. The fourth-order valence-electron chi connectivity index (χ4n) is 3.63. The number of nitrogens with zero attached hydrogens (tertiary/aromatic N) is 2. The lowest BCUT2D eigenvalue weighted by Crippen LogP contribution is -2.43. The van der Waals surface area contributed by atoms with Gasteiger partial charge in [-0.1, -0.05) is 36.4 Å². The van der Waals surface area contributed by atoms with Crippen LogP contribution < -0.4 is 5.32 Å². The molecule has 0 aliphatic carbocycles. The molecule has 2 heterocycles. The summed E-state index contributed by atoms with van der Waals surface area (Å²) in [5.74, 6) is 0. The van der Waals surface area contributed by atoms with E-state index in [9.17, 15) is 18.0 Å². The van der Waals surface area contributed by atoms with Crippen molar-refractivity contribution in [3.8, 4) is 0 Å². The molecule has 0 fully saturated rings.